The predicted octanol–water partition coefficient (Wildman–Crippen LogP) is 2.64. The Morgan fingerprint density at radius 1 is 1.50 bits per heavy atom. The molecule has 0 saturated carbocycles. The van der Waals surface area contributed by atoms with E-state index in [1.807, 2.05) is 23.1 Å². The van der Waals surface area contributed by atoms with Crippen molar-refractivity contribution < 1.29 is 9.50 Å². The third-order valence-corrected chi connectivity index (χ3v) is 4.12. The maximum Gasteiger partial charge on any atom is 0.142 e. The number of alkyl halides is 1. The molecule has 2 aromatic rings. The molecule has 0 bridgehead atoms. The zero-order chi connectivity index (χ0) is 14.3. The molecule has 6 heteroatoms. The number of aliphatic hydroxyl groups is 1. The van der Waals surface area contributed by atoms with Gasteiger partial charge in [0.1, 0.15) is 17.6 Å². The highest BCUT2D eigenvalue weighted by atomic mass is 127. The molecule has 0 radical (unpaired) electrons. The van der Waals surface area contributed by atoms with Crippen molar-refractivity contribution in [2.24, 2.45) is 0 Å². The standard InChI is InChI=1S/C14H15FIN3O/c1-14(15)7-19(8-14)11-6-9(16)2-3-10(11)12(20)13-17-4-5-18-13/h2-6,12,20H,7-8H2,1H3,(H,17,18). The second kappa shape index (κ2) is 5.00. The molecule has 3 rings (SSSR count). The molecule has 0 aliphatic carbocycles. The minimum Gasteiger partial charge on any atom is -0.380 e. The van der Waals surface area contributed by atoms with Crippen LogP contribution in [0.5, 0.6) is 0 Å². The summed E-state index contributed by atoms with van der Waals surface area (Å²) in [6, 6.07) is 5.77. The molecule has 20 heavy (non-hydrogen) atoms. The summed E-state index contributed by atoms with van der Waals surface area (Å²) in [5, 5.41) is 10.4. The van der Waals surface area contributed by atoms with E-state index in [0.29, 0.717) is 18.9 Å². The molecule has 1 atom stereocenters. The van der Waals surface area contributed by atoms with Gasteiger partial charge in [0.25, 0.3) is 0 Å². The van der Waals surface area contributed by atoms with E-state index in [-0.39, 0.29) is 0 Å². The zero-order valence-corrected chi connectivity index (χ0v) is 13.1. The first-order chi connectivity index (χ1) is 9.46. The molecular formula is C14H15FIN3O. The summed E-state index contributed by atoms with van der Waals surface area (Å²) in [7, 11) is 0. The highest BCUT2D eigenvalue weighted by molar-refractivity contribution is 14.1. The van der Waals surface area contributed by atoms with Crippen LogP contribution < -0.4 is 4.90 Å². The number of rotatable bonds is 3. The Labute approximate surface area is 130 Å². The Hall–Kier alpha value is -1.15. The quantitative estimate of drug-likeness (QED) is 0.797. The summed E-state index contributed by atoms with van der Waals surface area (Å²) >= 11 is 2.22. The second-order valence-corrected chi connectivity index (χ2v) is 6.60. The van der Waals surface area contributed by atoms with Crippen molar-refractivity contribution in [2.45, 2.75) is 18.7 Å². The van der Waals surface area contributed by atoms with Crippen LogP contribution in [0.2, 0.25) is 0 Å². The summed E-state index contributed by atoms with van der Waals surface area (Å²) in [4.78, 5) is 8.95. The van der Waals surface area contributed by atoms with E-state index in [1.54, 1.807) is 19.3 Å². The van der Waals surface area contributed by atoms with Crippen molar-refractivity contribution in [2.75, 3.05) is 18.0 Å². The van der Waals surface area contributed by atoms with E-state index >= 15 is 0 Å². The van der Waals surface area contributed by atoms with Gasteiger partial charge >= 0.3 is 0 Å². The fourth-order valence-electron chi connectivity index (χ4n) is 2.52. The maximum atomic E-state index is 13.7. The topological polar surface area (TPSA) is 52.1 Å². The lowest BCUT2D eigenvalue weighted by molar-refractivity contribution is 0.143. The van der Waals surface area contributed by atoms with Crippen molar-refractivity contribution in [1.82, 2.24) is 9.97 Å². The molecular weight excluding hydrogens is 372 g/mol. The number of benzene rings is 1. The number of anilines is 1. The summed E-state index contributed by atoms with van der Waals surface area (Å²) in [5.74, 6) is 0.496. The number of nitrogens with one attached hydrogen (secondary N) is 1. The Balaban J connectivity index is 1.95. The number of imidazole rings is 1. The van der Waals surface area contributed by atoms with E-state index in [9.17, 15) is 9.50 Å². The van der Waals surface area contributed by atoms with Crippen molar-refractivity contribution in [3.8, 4) is 0 Å². The Kier molecular flexibility index (Phi) is 3.45. The summed E-state index contributed by atoms with van der Waals surface area (Å²) in [6.07, 6.45) is 2.45. The first kappa shape index (κ1) is 13.8. The van der Waals surface area contributed by atoms with Crippen LogP contribution in [0.15, 0.2) is 30.6 Å². The zero-order valence-electron chi connectivity index (χ0n) is 11.0. The fourth-order valence-corrected chi connectivity index (χ4v) is 2.99. The molecule has 106 valence electrons. The van der Waals surface area contributed by atoms with E-state index in [0.717, 1.165) is 14.8 Å². The first-order valence-corrected chi connectivity index (χ1v) is 7.45. The molecule has 2 heterocycles. The highest BCUT2D eigenvalue weighted by Crippen LogP contribution is 2.37. The Bertz CT molecular complexity index is 607. The van der Waals surface area contributed by atoms with Gasteiger partial charge in [0.15, 0.2) is 0 Å². The Morgan fingerprint density at radius 2 is 2.25 bits per heavy atom. The number of hydrogen-bond donors (Lipinski definition) is 2. The van der Waals surface area contributed by atoms with Crippen LogP contribution >= 0.6 is 22.6 Å². The monoisotopic (exact) mass is 387 g/mol. The number of aliphatic hydroxyl groups excluding tert-OH is 1. The van der Waals surface area contributed by atoms with Crippen molar-refractivity contribution in [1.29, 1.82) is 0 Å². The predicted molar refractivity (Wildman–Crippen MR) is 83.5 cm³/mol. The van der Waals surface area contributed by atoms with E-state index in [1.165, 1.54) is 0 Å². The van der Waals surface area contributed by atoms with Gasteiger partial charge in [-0.1, -0.05) is 6.07 Å². The highest BCUT2D eigenvalue weighted by Gasteiger charge is 2.40. The van der Waals surface area contributed by atoms with Gasteiger partial charge in [0.2, 0.25) is 0 Å². The van der Waals surface area contributed by atoms with Crippen LogP contribution in [0, 0.1) is 3.57 Å². The van der Waals surface area contributed by atoms with Crippen LogP contribution in [0.25, 0.3) is 0 Å². The molecule has 1 aromatic heterocycles. The van der Waals surface area contributed by atoms with Gasteiger partial charge in [-0.15, -0.1) is 0 Å². The van der Waals surface area contributed by atoms with Gasteiger partial charge in [-0.25, -0.2) is 9.37 Å². The first-order valence-electron chi connectivity index (χ1n) is 6.37. The van der Waals surface area contributed by atoms with E-state index < -0.39 is 11.8 Å². The Morgan fingerprint density at radius 3 is 2.85 bits per heavy atom. The number of halogens is 2. The van der Waals surface area contributed by atoms with Gasteiger partial charge in [-0.2, -0.15) is 0 Å². The minimum absolute atomic E-state index is 0.352. The third kappa shape index (κ3) is 2.54. The van der Waals surface area contributed by atoms with Gasteiger partial charge in [0, 0.05) is 27.2 Å². The fraction of sp³-hybridized carbons (Fsp3) is 0.357. The summed E-state index contributed by atoms with van der Waals surface area (Å²) < 4.78 is 14.8. The van der Waals surface area contributed by atoms with Crippen LogP contribution in [-0.4, -0.2) is 33.8 Å². The molecule has 1 aliphatic heterocycles. The maximum absolute atomic E-state index is 13.7. The molecule has 1 saturated heterocycles. The largest absolute Gasteiger partial charge is 0.380 e. The lowest BCUT2D eigenvalue weighted by Crippen LogP contribution is -2.57. The van der Waals surface area contributed by atoms with Crippen LogP contribution in [0.3, 0.4) is 0 Å². The normalized spacial score (nSPS) is 18.7. The van der Waals surface area contributed by atoms with Crippen molar-refractivity contribution in [3.63, 3.8) is 0 Å². The number of nitrogens with zero attached hydrogens (tertiary/aromatic N) is 2. The van der Waals surface area contributed by atoms with E-state index in [4.69, 9.17) is 0 Å². The molecule has 0 amide bonds. The summed E-state index contributed by atoms with van der Waals surface area (Å²) in [5.41, 5.74) is 0.473. The van der Waals surface area contributed by atoms with Crippen LogP contribution in [0.1, 0.15) is 24.4 Å². The number of H-pyrrole nitrogens is 1. The molecule has 0 spiro atoms. The molecule has 1 unspecified atom stereocenters. The van der Waals surface area contributed by atoms with E-state index in [2.05, 4.69) is 32.6 Å². The average molecular weight is 387 g/mol. The average Bonchev–Trinajstić information content (AvgIpc) is 2.88. The summed E-state index contributed by atoms with van der Waals surface area (Å²) in [6.45, 7) is 2.30. The molecule has 1 aliphatic rings. The third-order valence-electron chi connectivity index (χ3n) is 3.45. The van der Waals surface area contributed by atoms with Crippen LogP contribution in [0.4, 0.5) is 10.1 Å². The number of aromatic amines is 1. The van der Waals surface area contributed by atoms with Crippen molar-refractivity contribution in [3.05, 3.63) is 45.6 Å². The lowest BCUT2D eigenvalue weighted by Gasteiger charge is -2.45. The number of hydrogen-bond acceptors (Lipinski definition) is 3. The van der Waals surface area contributed by atoms with Gasteiger partial charge < -0.3 is 15.0 Å². The van der Waals surface area contributed by atoms with Gasteiger partial charge in [-0.05, 0) is 41.6 Å². The molecule has 4 nitrogen and oxygen atoms in total. The molecule has 1 aromatic carbocycles. The van der Waals surface area contributed by atoms with Crippen molar-refractivity contribution >= 4 is 28.3 Å². The SMILES string of the molecule is CC1(F)CN(c2cc(I)ccc2C(O)c2ncc[nH]2)C1. The number of aromatic nitrogens is 2. The molecule has 1 fully saturated rings. The lowest BCUT2D eigenvalue weighted by atomic mass is 9.95. The van der Waals surface area contributed by atoms with Gasteiger partial charge in [-0.3, -0.25) is 0 Å². The minimum atomic E-state index is -1.14. The smallest absolute Gasteiger partial charge is 0.142 e. The van der Waals surface area contributed by atoms with Gasteiger partial charge in [0.05, 0.1) is 13.1 Å². The second-order valence-electron chi connectivity index (χ2n) is 5.35. The molecule has 2 N–H and O–H groups in total. The van der Waals surface area contributed by atoms with Crippen LogP contribution in [-0.2, 0) is 0 Å².